The molecule has 1 fully saturated rings. The number of nitrogens with zero attached hydrogens (tertiary/aromatic N) is 1. The molecule has 2 N–H and O–H groups in total. The van der Waals surface area contributed by atoms with Crippen molar-refractivity contribution in [1.29, 1.82) is 0 Å². The number of pyridine rings is 1. The van der Waals surface area contributed by atoms with E-state index in [0.717, 1.165) is 13.0 Å². The number of anilines is 1. The molecule has 1 unspecified atom stereocenters. The van der Waals surface area contributed by atoms with Gasteiger partial charge in [0.05, 0.1) is 22.1 Å². The topological polar surface area (TPSA) is 88.2 Å². The van der Waals surface area contributed by atoms with E-state index in [-0.39, 0.29) is 23.5 Å². The molecule has 1 aromatic rings. The van der Waals surface area contributed by atoms with Crippen LogP contribution in [0.15, 0.2) is 12.3 Å². The molecule has 0 spiro atoms. The van der Waals surface area contributed by atoms with Gasteiger partial charge in [-0.2, -0.15) is 0 Å². The summed E-state index contributed by atoms with van der Waals surface area (Å²) in [5, 5.41) is 6.13. The van der Waals surface area contributed by atoms with Crippen molar-refractivity contribution in [2.75, 3.05) is 23.4 Å². The van der Waals surface area contributed by atoms with E-state index in [1.807, 2.05) is 6.92 Å². The summed E-state index contributed by atoms with van der Waals surface area (Å²) < 4.78 is 22.7. The number of hydrogen-bond donors (Lipinski definition) is 2. The maximum Gasteiger partial charge on any atom is 0.253 e. The molecule has 21 heavy (non-hydrogen) atoms. The molecule has 1 saturated heterocycles. The van der Waals surface area contributed by atoms with Crippen molar-refractivity contribution in [1.82, 2.24) is 10.3 Å². The second-order valence-corrected chi connectivity index (χ2v) is 7.69. The van der Waals surface area contributed by atoms with E-state index in [1.165, 1.54) is 12.3 Å². The maximum absolute atomic E-state index is 12.1. The van der Waals surface area contributed by atoms with Crippen LogP contribution in [0.1, 0.15) is 30.1 Å². The van der Waals surface area contributed by atoms with Crippen LogP contribution >= 0.6 is 11.6 Å². The van der Waals surface area contributed by atoms with Crippen LogP contribution in [0.25, 0.3) is 0 Å². The number of sulfone groups is 1. The molecule has 2 rings (SSSR count). The van der Waals surface area contributed by atoms with Gasteiger partial charge in [-0.15, -0.1) is 0 Å². The van der Waals surface area contributed by atoms with Crippen molar-refractivity contribution in [2.24, 2.45) is 0 Å². The molecule has 0 aliphatic carbocycles. The molecule has 0 aromatic carbocycles. The summed E-state index contributed by atoms with van der Waals surface area (Å²) >= 11 is 6.07. The molecular formula is C13H18ClN3O3S. The highest BCUT2D eigenvalue weighted by Crippen LogP contribution is 2.20. The van der Waals surface area contributed by atoms with Gasteiger partial charge in [0.25, 0.3) is 5.91 Å². The molecule has 0 radical (unpaired) electrons. The Morgan fingerprint density at radius 3 is 2.86 bits per heavy atom. The normalized spacial score (nSPS) is 20.2. The van der Waals surface area contributed by atoms with Gasteiger partial charge in [-0.05, 0) is 18.9 Å². The first-order valence-corrected chi connectivity index (χ1v) is 9.02. The summed E-state index contributed by atoms with van der Waals surface area (Å²) in [5.74, 6) is 0.305. The largest absolute Gasteiger partial charge is 0.369 e. The number of amides is 1. The second kappa shape index (κ2) is 6.62. The fraction of sp³-hybridized carbons (Fsp3) is 0.538. The molecule has 1 aromatic heterocycles. The Labute approximate surface area is 129 Å². The number of nitrogens with one attached hydrogen (secondary N) is 2. The van der Waals surface area contributed by atoms with Crippen LogP contribution in [-0.4, -0.2) is 43.4 Å². The van der Waals surface area contributed by atoms with Crippen LogP contribution < -0.4 is 10.6 Å². The lowest BCUT2D eigenvalue weighted by atomic mass is 10.2. The zero-order valence-corrected chi connectivity index (χ0v) is 13.3. The number of carbonyl (C=O) groups excluding carboxylic acids is 1. The molecule has 0 bridgehead atoms. The first kappa shape index (κ1) is 16.0. The number of carbonyl (C=O) groups is 1. The summed E-state index contributed by atoms with van der Waals surface area (Å²) in [5.41, 5.74) is 0.325. The first-order chi connectivity index (χ1) is 9.91. The summed E-state index contributed by atoms with van der Waals surface area (Å²) in [4.78, 5) is 16.2. The summed E-state index contributed by atoms with van der Waals surface area (Å²) in [7, 11) is -3.01. The van der Waals surface area contributed by atoms with Crippen molar-refractivity contribution in [2.45, 2.75) is 25.8 Å². The minimum absolute atomic E-state index is 0.00393. The second-order valence-electron chi connectivity index (χ2n) is 5.05. The van der Waals surface area contributed by atoms with Gasteiger partial charge >= 0.3 is 0 Å². The van der Waals surface area contributed by atoms with E-state index >= 15 is 0 Å². The van der Waals surface area contributed by atoms with Crippen LogP contribution in [0.2, 0.25) is 5.02 Å². The average molecular weight is 332 g/mol. The zero-order valence-electron chi connectivity index (χ0n) is 11.7. The highest BCUT2D eigenvalue weighted by Gasteiger charge is 2.29. The molecule has 1 aliphatic rings. The zero-order chi connectivity index (χ0) is 15.5. The van der Waals surface area contributed by atoms with E-state index in [1.54, 1.807) is 0 Å². The van der Waals surface area contributed by atoms with E-state index in [0.29, 0.717) is 22.8 Å². The van der Waals surface area contributed by atoms with E-state index in [9.17, 15) is 13.2 Å². The highest BCUT2D eigenvalue weighted by atomic mass is 35.5. The van der Waals surface area contributed by atoms with Gasteiger partial charge in [-0.1, -0.05) is 18.5 Å². The van der Waals surface area contributed by atoms with Gasteiger partial charge in [-0.3, -0.25) is 4.79 Å². The SMILES string of the molecule is CCCNc1ncc(C(=O)NC2CCS(=O)(=O)C2)cc1Cl. The van der Waals surface area contributed by atoms with Crippen LogP contribution in [-0.2, 0) is 9.84 Å². The molecule has 8 heteroatoms. The number of hydrogen-bond acceptors (Lipinski definition) is 5. The predicted molar refractivity (Wildman–Crippen MR) is 82.6 cm³/mol. The summed E-state index contributed by atoms with van der Waals surface area (Å²) in [6.45, 7) is 2.77. The van der Waals surface area contributed by atoms with Crippen LogP contribution in [0.5, 0.6) is 0 Å². The Bertz CT molecular complexity index is 634. The minimum Gasteiger partial charge on any atom is -0.369 e. The van der Waals surface area contributed by atoms with Crippen molar-refractivity contribution in [3.05, 3.63) is 22.8 Å². The Kier molecular flexibility index (Phi) is 5.05. The minimum atomic E-state index is -3.01. The predicted octanol–water partition coefficient (Wildman–Crippen LogP) is 1.47. The summed E-state index contributed by atoms with van der Waals surface area (Å²) in [6, 6.07) is 1.20. The Hall–Kier alpha value is -1.34. The van der Waals surface area contributed by atoms with Crippen LogP contribution in [0, 0.1) is 0 Å². The Balaban J connectivity index is 2.01. The highest BCUT2D eigenvalue weighted by molar-refractivity contribution is 7.91. The maximum atomic E-state index is 12.1. The fourth-order valence-corrected chi connectivity index (χ4v) is 4.02. The Morgan fingerprint density at radius 1 is 1.52 bits per heavy atom. The number of halogens is 1. The molecule has 116 valence electrons. The molecule has 2 heterocycles. The van der Waals surface area contributed by atoms with E-state index in [2.05, 4.69) is 15.6 Å². The van der Waals surface area contributed by atoms with Gasteiger partial charge in [-0.25, -0.2) is 13.4 Å². The molecule has 1 amide bonds. The lowest BCUT2D eigenvalue weighted by Gasteiger charge is -2.12. The third-order valence-corrected chi connectivity index (χ3v) is 5.27. The third kappa shape index (κ3) is 4.31. The standard InChI is InChI=1S/C13H18ClN3O3S/c1-2-4-15-12-11(14)6-9(7-16-12)13(18)17-10-3-5-21(19,20)8-10/h6-7,10H,2-5,8H2,1H3,(H,15,16)(H,17,18). The molecular weight excluding hydrogens is 314 g/mol. The molecule has 6 nitrogen and oxygen atoms in total. The van der Waals surface area contributed by atoms with Crippen molar-refractivity contribution < 1.29 is 13.2 Å². The lowest BCUT2D eigenvalue weighted by molar-refractivity contribution is 0.0941. The first-order valence-electron chi connectivity index (χ1n) is 6.82. The molecule has 0 saturated carbocycles. The van der Waals surface area contributed by atoms with Gasteiger partial charge in [0, 0.05) is 18.8 Å². The summed E-state index contributed by atoms with van der Waals surface area (Å²) in [6.07, 6.45) is 2.82. The van der Waals surface area contributed by atoms with Gasteiger partial charge < -0.3 is 10.6 Å². The lowest BCUT2D eigenvalue weighted by Crippen LogP contribution is -2.35. The van der Waals surface area contributed by atoms with E-state index in [4.69, 9.17) is 11.6 Å². The van der Waals surface area contributed by atoms with Crippen molar-refractivity contribution >= 4 is 33.2 Å². The van der Waals surface area contributed by atoms with Gasteiger partial charge in [0.1, 0.15) is 5.82 Å². The monoisotopic (exact) mass is 331 g/mol. The average Bonchev–Trinajstić information content (AvgIpc) is 2.76. The van der Waals surface area contributed by atoms with Crippen molar-refractivity contribution in [3.8, 4) is 0 Å². The van der Waals surface area contributed by atoms with Crippen molar-refractivity contribution in [3.63, 3.8) is 0 Å². The molecule has 1 aliphatic heterocycles. The fourth-order valence-electron chi connectivity index (χ4n) is 2.11. The Morgan fingerprint density at radius 2 is 2.29 bits per heavy atom. The number of rotatable bonds is 5. The quantitative estimate of drug-likeness (QED) is 0.853. The van der Waals surface area contributed by atoms with Gasteiger partial charge in [0.2, 0.25) is 0 Å². The molecule has 1 atom stereocenters. The van der Waals surface area contributed by atoms with Gasteiger partial charge in [0.15, 0.2) is 9.84 Å². The van der Waals surface area contributed by atoms with Crippen LogP contribution in [0.4, 0.5) is 5.82 Å². The smallest absolute Gasteiger partial charge is 0.253 e. The van der Waals surface area contributed by atoms with Crippen LogP contribution in [0.3, 0.4) is 0 Å². The van der Waals surface area contributed by atoms with E-state index < -0.39 is 9.84 Å². The number of aromatic nitrogens is 1. The third-order valence-electron chi connectivity index (χ3n) is 3.21.